The van der Waals surface area contributed by atoms with E-state index >= 15 is 0 Å². The molecule has 2 heteroatoms. The molecule has 0 saturated carbocycles. The van der Waals surface area contributed by atoms with Crippen LogP contribution in [0.3, 0.4) is 0 Å². The van der Waals surface area contributed by atoms with E-state index in [-0.39, 0.29) is 5.78 Å². The minimum atomic E-state index is -0.868. The molecule has 237 valence electrons. The lowest BCUT2D eigenvalue weighted by Gasteiger charge is -2.20. The van der Waals surface area contributed by atoms with Crippen molar-refractivity contribution >= 4 is 12.1 Å². The highest BCUT2D eigenvalue weighted by molar-refractivity contribution is 5.97. The molecule has 0 heterocycles. The minimum absolute atomic E-state index is 0.127. The van der Waals surface area contributed by atoms with Crippen molar-refractivity contribution in [2.45, 2.75) is 226 Å². The fourth-order valence-electron chi connectivity index (χ4n) is 6.03. The Morgan fingerprint density at radius 3 is 0.950 bits per heavy atom. The first kappa shape index (κ1) is 39.3. The molecule has 40 heavy (non-hydrogen) atoms. The maximum atomic E-state index is 12.7. The fraction of sp³-hybridized carbons (Fsp3) is 0.947. The van der Waals surface area contributed by atoms with Gasteiger partial charge in [-0.05, 0) is 19.8 Å². The van der Waals surface area contributed by atoms with Gasteiger partial charge in [-0.1, -0.05) is 200 Å². The van der Waals surface area contributed by atoms with Crippen molar-refractivity contribution in [2.24, 2.45) is 5.41 Å². The molecule has 1 unspecified atom stereocenters. The molecule has 0 aliphatic heterocycles. The van der Waals surface area contributed by atoms with Gasteiger partial charge < -0.3 is 0 Å². The van der Waals surface area contributed by atoms with E-state index < -0.39 is 5.41 Å². The van der Waals surface area contributed by atoms with Crippen LogP contribution in [-0.2, 0) is 9.59 Å². The number of unbranched alkanes of at least 4 members (excludes halogenated alkanes) is 28. The van der Waals surface area contributed by atoms with E-state index in [1.807, 2.05) is 6.92 Å². The van der Waals surface area contributed by atoms with Gasteiger partial charge >= 0.3 is 0 Å². The summed E-state index contributed by atoms with van der Waals surface area (Å²) in [5.74, 6) is 0.127. The summed E-state index contributed by atoms with van der Waals surface area (Å²) in [6.07, 6.45) is 43.4. The van der Waals surface area contributed by atoms with Crippen LogP contribution in [0.4, 0.5) is 0 Å². The molecule has 1 radical (unpaired) electrons. The maximum Gasteiger partial charge on any atom is 0.212 e. The summed E-state index contributed by atoms with van der Waals surface area (Å²) in [6, 6.07) is 0. The van der Waals surface area contributed by atoms with Crippen LogP contribution in [0.5, 0.6) is 0 Å². The average Bonchev–Trinajstić information content (AvgIpc) is 2.96. The highest BCUT2D eigenvalue weighted by Crippen LogP contribution is 2.27. The molecule has 0 saturated heterocycles. The van der Waals surface area contributed by atoms with Gasteiger partial charge in [0.25, 0.3) is 0 Å². The Balaban J connectivity index is 3.54. The second-order valence-electron chi connectivity index (χ2n) is 13.3. The molecule has 2 nitrogen and oxygen atoms in total. The zero-order chi connectivity index (χ0) is 29.4. The lowest BCUT2D eigenvalue weighted by Crippen LogP contribution is -2.29. The van der Waals surface area contributed by atoms with Crippen molar-refractivity contribution in [3.05, 3.63) is 0 Å². The van der Waals surface area contributed by atoms with Crippen LogP contribution < -0.4 is 0 Å². The molecule has 0 amide bonds. The van der Waals surface area contributed by atoms with Crippen LogP contribution in [0.2, 0.25) is 0 Å². The summed E-state index contributed by atoms with van der Waals surface area (Å²) >= 11 is 0. The maximum absolute atomic E-state index is 12.7. The number of hydrogen-bond donors (Lipinski definition) is 0. The molecular formula is C38H73O2. The molecule has 0 aromatic heterocycles. The molecule has 0 bridgehead atoms. The second kappa shape index (κ2) is 31.3. The van der Waals surface area contributed by atoms with Crippen molar-refractivity contribution in [3.8, 4) is 0 Å². The van der Waals surface area contributed by atoms with Gasteiger partial charge in [0.2, 0.25) is 6.29 Å². The van der Waals surface area contributed by atoms with E-state index in [9.17, 15) is 9.59 Å². The van der Waals surface area contributed by atoms with Crippen molar-refractivity contribution < 1.29 is 9.59 Å². The van der Waals surface area contributed by atoms with Crippen molar-refractivity contribution in [1.82, 2.24) is 0 Å². The normalized spacial score (nSPS) is 13.0. The highest BCUT2D eigenvalue weighted by Gasteiger charge is 2.32. The van der Waals surface area contributed by atoms with E-state index in [1.54, 1.807) is 0 Å². The van der Waals surface area contributed by atoms with Gasteiger partial charge in [0, 0.05) is 6.42 Å². The van der Waals surface area contributed by atoms with E-state index in [0.29, 0.717) is 12.8 Å². The molecule has 0 N–H and O–H groups in total. The molecular weight excluding hydrogens is 488 g/mol. The number of rotatable bonds is 34. The highest BCUT2D eigenvalue weighted by atomic mass is 16.1. The summed E-state index contributed by atoms with van der Waals surface area (Å²) < 4.78 is 0. The first-order valence-corrected chi connectivity index (χ1v) is 18.5. The number of carbonyl (C=O) groups is 1. The van der Waals surface area contributed by atoms with E-state index in [4.69, 9.17) is 0 Å². The largest absolute Gasteiger partial charge is 0.299 e. The predicted molar refractivity (Wildman–Crippen MR) is 178 cm³/mol. The topological polar surface area (TPSA) is 34.1 Å². The summed E-state index contributed by atoms with van der Waals surface area (Å²) in [7, 11) is 0. The quantitative estimate of drug-likeness (QED) is 0.0578. The first-order valence-electron chi connectivity index (χ1n) is 18.5. The molecule has 0 rings (SSSR count). The summed E-state index contributed by atoms with van der Waals surface area (Å²) in [4.78, 5) is 24.4. The average molecular weight is 562 g/mol. The summed E-state index contributed by atoms with van der Waals surface area (Å²) in [5, 5.41) is 0. The van der Waals surface area contributed by atoms with E-state index in [0.717, 1.165) is 25.7 Å². The smallest absolute Gasteiger partial charge is 0.212 e. The summed E-state index contributed by atoms with van der Waals surface area (Å²) in [6.45, 7) is 6.39. The molecule has 0 aliphatic carbocycles. The van der Waals surface area contributed by atoms with Crippen molar-refractivity contribution in [1.29, 1.82) is 0 Å². The van der Waals surface area contributed by atoms with Gasteiger partial charge in [-0.2, -0.15) is 0 Å². The Morgan fingerprint density at radius 1 is 0.425 bits per heavy atom. The number of ketones is 1. The summed E-state index contributed by atoms with van der Waals surface area (Å²) in [5.41, 5.74) is -0.868. The van der Waals surface area contributed by atoms with Crippen LogP contribution in [0.25, 0.3) is 0 Å². The predicted octanol–water partition coefficient (Wildman–Crippen LogP) is 13.2. The third kappa shape index (κ3) is 26.3. The van der Waals surface area contributed by atoms with Crippen LogP contribution in [0.1, 0.15) is 226 Å². The van der Waals surface area contributed by atoms with Crippen LogP contribution in [-0.4, -0.2) is 12.1 Å². The van der Waals surface area contributed by atoms with E-state index in [1.165, 1.54) is 167 Å². The van der Waals surface area contributed by atoms with Gasteiger partial charge in [0.05, 0.1) is 5.41 Å². The Morgan fingerprint density at radius 2 is 0.675 bits per heavy atom. The molecule has 0 aromatic carbocycles. The standard InChI is InChI=1S/C38H73O2/c1-4-6-8-10-12-14-16-18-20-21-22-24-26-28-30-32-34-37(40)38(3,36-39)35-33-31-29-27-25-23-19-17-15-13-11-9-7-5-2/h4-35H2,1-3H3. The minimum Gasteiger partial charge on any atom is -0.299 e. The van der Waals surface area contributed by atoms with Gasteiger partial charge in [0.1, 0.15) is 5.78 Å². The zero-order valence-corrected chi connectivity index (χ0v) is 27.9. The van der Waals surface area contributed by atoms with Crippen LogP contribution >= 0.6 is 0 Å². The lowest BCUT2D eigenvalue weighted by atomic mass is 9.80. The zero-order valence-electron chi connectivity index (χ0n) is 27.9. The van der Waals surface area contributed by atoms with Crippen molar-refractivity contribution in [2.75, 3.05) is 0 Å². The van der Waals surface area contributed by atoms with Gasteiger partial charge in [-0.15, -0.1) is 0 Å². The third-order valence-corrected chi connectivity index (χ3v) is 9.13. The Labute approximate surface area is 253 Å². The van der Waals surface area contributed by atoms with Gasteiger partial charge in [-0.3, -0.25) is 9.59 Å². The Hall–Kier alpha value is -0.660. The monoisotopic (exact) mass is 562 g/mol. The third-order valence-electron chi connectivity index (χ3n) is 9.13. The molecule has 0 spiro atoms. The Bertz CT molecular complexity index is 528. The first-order chi connectivity index (χ1) is 19.6. The molecule has 1 atom stereocenters. The Kier molecular flexibility index (Phi) is 30.8. The molecule has 0 fully saturated rings. The lowest BCUT2D eigenvalue weighted by molar-refractivity contribution is -0.125. The molecule has 0 aliphatic rings. The number of Topliss-reactive ketones (excluding diaryl/α,β-unsaturated/α-hetero) is 1. The number of hydrogen-bond acceptors (Lipinski definition) is 2. The molecule has 0 aromatic rings. The second-order valence-corrected chi connectivity index (χ2v) is 13.3. The number of carbonyl (C=O) groups excluding carboxylic acids is 2. The fourth-order valence-corrected chi connectivity index (χ4v) is 6.03. The van der Waals surface area contributed by atoms with Crippen molar-refractivity contribution in [3.63, 3.8) is 0 Å². The van der Waals surface area contributed by atoms with Gasteiger partial charge in [0.15, 0.2) is 0 Å². The van der Waals surface area contributed by atoms with Gasteiger partial charge in [-0.25, -0.2) is 0 Å². The van der Waals surface area contributed by atoms with Crippen LogP contribution in [0.15, 0.2) is 0 Å². The SMILES string of the molecule is CCCCCCCCCCCCCCCCCCC(=O)C(C)([C]=O)CCCCCCCCCCCCCCCC. The van der Waals surface area contributed by atoms with Crippen LogP contribution in [0, 0.1) is 5.41 Å². The van der Waals surface area contributed by atoms with E-state index in [2.05, 4.69) is 20.1 Å².